The van der Waals surface area contributed by atoms with Gasteiger partial charge in [0, 0.05) is 0 Å². The Hall–Kier alpha value is 0. The summed E-state index contributed by atoms with van der Waals surface area (Å²) < 4.78 is 0. The Labute approximate surface area is 111 Å². The second kappa shape index (κ2) is 8.16. The monoisotopic (exact) mass is 240 g/mol. The van der Waals surface area contributed by atoms with Crippen molar-refractivity contribution < 1.29 is 0 Å². The van der Waals surface area contributed by atoms with E-state index in [1.807, 2.05) is 0 Å². The number of hydrogen-bond acceptors (Lipinski definition) is 0. The van der Waals surface area contributed by atoms with Gasteiger partial charge in [-0.2, -0.15) is 0 Å². The fraction of sp³-hybridized carbons (Fsp3) is 1.00. The van der Waals surface area contributed by atoms with E-state index in [0.717, 1.165) is 17.8 Å². The van der Waals surface area contributed by atoms with E-state index in [2.05, 4.69) is 48.5 Å². The van der Waals surface area contributed by atoms with Crippen molar-refractivity contribution in [3.05, 3.63) is 0 Å². The fourth-order valence-corrected chi connectivity index (χ4v) is 2.77. The highest BCUT2D eigenvalue weighted by molar-refractivity contribution is 4.69. The van der Waals surface area contributed by atoms with E-state index in [0.29, 0.717) is 5.41 Å². The second-order valence-corrected chi connectivity index (χ2v) is 7.27. The summed E-state index contributed by atoms with van der Waals surface area (Å²) in [6, 6.07) is 0. The van der Waals surface area contributed by atoms with E-state index in [1.165, 1.54) is 38.5 Å². The van der Waals surface area contributed by atoms with Crippen molar-refractivity contribution in [3.8, 4) is 0 Å². The number of rotatable bonds is 9. The second-order valence-electron chi connectivity index (χ2n) is 7.27. The molecule has 0 N–H and O–H groups in total. The third-order valence-electron chi connectivity index (χ3n) is 4.56. The van der Waals surface area contributed by atoms with Crippen LogP contribution >= 0.6 is 0 Å². The average molecular weight is 240 g/mol. The summed E-state index contributed by atoms with van der Waals surface area (Å²) in [5.41, 5.74) is 0.565. The Kier molecular flexibility index (Phi) is 8.16. The maximum absolute atomic E-state index is 2.40. The van der Waals surface area contributed by atoms with Gasteiger partial charge in [0.15, 0.2) is 0 Å². The SMILES string of the molecule is CCC(C)(C)CCCCCC(C(C)C)C(C)C. The average Bonchev–Trinajstić information content (AvgIpc) is 2.22. The van der Waals surface area contributed by atoms with E-state index in [9.17, 15) is 0 Å². The van der Waals surface area contributed by atoms with E-state index in [-0.39, 0.29) is 0 Å². The van der Waals surface area contributed by atoms with Crippen LogP contribution in [0.3, 0.4) is 0 Å². The Morgan fingerprint density at radius 2 is 1.35 bits per heavy atom. The molecule has 0 aliphatic carbocycles. The maximum atomic E-state index is 2.40. The highest BCUT2D eigenvalue weighted by Crippen LogP contribution is 2.29. The molecular weight excluding hydrogens is 204 g/mol. The molecule has 0 aliphatic heterocycles. The molecule has 0 heterocycles. The molecule has 0 spiro atoms. The Morgan fingerprint density at radius 3 is 1.76 bits per heavy atom. The zero-order valence-electron chi connectivity index (χ0n) is 13.5. The molecule has 0 radical (unpaired) electrons. The van der Waals surface area contributed by atoms with Gasteiger partial charge in [-0.15, -0.1) is 0 Å². The molecule has 0 unspecified atom stereocenters. The van der Waals surface area contributed by atoms with Crippen LogP contribution in [0.2, 0.25) is 0 Å². The standard InChI is InChI=1S/C17H36/c1-8-17(6,7)13-11-9-10-12-16(14(2)3)15(4)5/h14-16H,8-13H2,1-7H3. The summed E-state index contributed by atoms with van der Waals surface area (Å²) in [7, 11) is 0. The summed E-state index contributed by atoms with van der Waals surface area (Å²) >= 11 is 0. The van der Waals surface area contributed by atoms with Crippen molar-refractivity contribution in [3.63, 3.8) is 0 Å². The minimum absolute atomic E-state index is 0.565. The lowest BCUT2D eigenvalue weighted by Crippen LogP contribution is -2.15. The molecule has 17 heavy (non-hydrogen) atoms. The smallest absolute Gasteiger partial charge is 0.0357 e. The first-order valence-corrected chi connectivity index (χ1v) is 7.80. The highest BCUT2D eigenvalue weighted by atomic mass is 14.2. The van der Waals surface area contributed by atoms with Crippen LogP contribution in [0.4, 0.5) is 0 Å². The molecule has 0 aromatic carbocycles. The normalized spacial score (nSPS) is 13.1. The van der Waals surface area contributed by atoms with E-state index < -0.39 is 0 Å². The van der Waals surface area contributed by atoms with Gasteiger partial charge in [0.25, 0.3) is 0 Å². The molecule has 0 bridgehead atoms. The molecule has 0 saturated carbocycles. The van der Waals surface area contributed by atoms with Gasteiger partial charge in [-0.05, 0) is 36.0 Å². The lowest BCUT2D eigenvalue weighted by molar-refractivity contribution is 0.255. The summed E-state index contributed by atoms with van der Waals surface area (Å²) in [4.78, 5) is 0. The quantitative estimate of drug-likeness (QED) is 0.415. The van der Waals surface area contributed by atoms with Gasteiger partial charge < -0.3 is 0 Å². The van der Waals surface area contributed by atoms with Crippen LogP contribution in [0, 0.1) is 23.2 Å². The molecule has 0 aromatic rings. The number of unbranched alkanes of at least 4 members (excludes halogenated alkanes) is 2. The van der Waals surface area contributed by atoms with Crippen LogP contribution in [-0.2, 0) is 0 Å². The van der Waals surface area contributed by atoms with Crippen LogP contribution in [0.5, 0.6) is 0 Å². The van der Waals surface area contributed by atoms with Crippen molar-refractivity contribution >= 4 is 0 Å². The van der Waals surface area contributed by atoms with Crippen molar-refractivity contribution in [1.29, 1.82) is 0 Å². The Bertz CT molecular complexity index is 168. The molecule has 0 atom stereocenters. The minimum Gasteiger partial charge on any atom is -0.0649 e. The largest absolute Gasteiger partial charge is 0.0649 e. The molecule has 0 aromatic heterocycles. The van der Waals surface area contributed by atoms with Gasteiger partial charge in [-0.3, -0.25) is 0 Å². The molecule has 0 nitrogen and oxygen atoms in total. The van der Waals surface area contributed by atoms with Gasteiger partial charge in [0.1, 0.15) is 0 Å². The summed E-state index contributed by atoms with van der Waals surface area (Å²) in [6.45, 7) is 16.6. The molecule has 104 valence electrons. The highest BCUT2D eigenvalue weighted by Gasteiger charge is 2.17. The zero-order valence-corrected chi connectivity index (χ0v) is 13.5. The van der Waals surface area contributed by atoms with Crippen LogP contribution in [0.1, 0.15) is 87.0 Å². The molecule has 0 heteroatoms. The van der Waals surface area contributed by atoms with E-state index in [1.54, 1.807) is 0 Å². The third-order valence-corrected chi connectivity index (χ3v) is 4.56. The molecule has 0 amide bonds. The maximum Gasteiger partial charge on any atom is -0.0357 e. The summed E-state index contributed by atoms with van der Waals surface area (Å²) in [5, 5.41) is 0. The third kappa shape index (κ3) is 7.84. The Balaban J connectivity index is 3.70. The van der Waals surface area contributed by atoms with E-state index in [4.69, 9.17) is 0 Å². The van der Waals surface area contributed by atoms with Crippen molar-refractivity contribution in [2.24, 2.45) is 23.2 Å². The van der Waals surface area contributed by atoms with Crippen LogP contribution in [-0.4, -0.2) is 0 Å². The molecule has 0 saturated heterocycles. The first kappa shape index (κ1) is 17.0. The fourth-order valence-electron chi connectivity index (χ4n) is 2.77. The lowest BCUT2D eigenvalue weighted by atomic mass is 9.80. The van der Waals surface area contributed by atoms with Gasteiger partial charge in [-0.1, -0.05) is 74.1 Å². The van der Waals surface area contributed by atoms with Gasteiger partial charge in [-0.25, -0.2) is 0 Å². The Morgan fingerprint density at radius 1 is 0.824 bits per heavy atom. The van der Waals surface area contributed by atoms with Crippen LogP contribution < -0.4 is 0 Å². The lowest BCUT2D eigenvalue weighted by Gasteiger charge is -2.25. The van der Waals surface area contributed by atoms with E-state index >= 15 is 0 Å². The van der Waals surface area contributed by atoms with Crippen LogP contribution in [0.15, 0.2) is 0 Å². The predicted octanol–water partition coefficient (Wildman–Crippen LogP) is 6.30. The molecule has 0 fully saturated rings. The van der Waals surface area contributed by atoms with Gasteiger partial charge >= 0.3 is 0 Å². The molecule has 0 aliphatic rings. The van der Waals surface area contributed by atoms with Gasteiger partial charge in [0.2, 0.25) is 0 Å². The number of hydrogen-bond donors (Lipinski definition) is 0. The summed E-state index contributed by atoms with van der Waals surface area (Å²) in [5.74, 6) is 2.62. The van der Waals surface area contributed by atoms with Gasteiger partial charge in [0.05, 0.1) is 0 Å². The van der Waals surface area contributed by atoms with Crippen molar-refractivity contribution in [2.45, 2.75) is 87.0 Å². The summed E-state index contributed by atoms with van der Waals surface area (Å²) in [6.07, 6.45) is 8.43. The topological polar surface area (TPSA) is 0 Å². The van der Waals surface area contributed by atoms with Crippen molar-refractivity contribution in [1.82, 2.24) is 0 Å². The first-order valence-electron chi connectivity index (χ1n) is 7.80. The zero-order chi connectivity index (χ0) is 13.5. The molecular formula is C17H36. The van der Waals surface area contributed by atoms with Crippen molar-refractivity contribution in [2.75, 3.05) is 0 Å². The minimum atomic E-state index is 0.565. The predicted molar refractivity (Wildman–Crippen MR) is 80.3 cm³/mol. The first-order chi connectivity index (χ1) is 7.80. The van der Waals surface area contributed by atoms with Crippen LogP contribution in [0.25, 0.3) is 0 Å². The molecule has 0 rings (SSSR count).